The maximum absolute atomic E-state index is 13.0. The van der Waals surface area contributed by atoms with Gasteiger partial charge in [0.1, 0.15) is 6.04 Å². The predicted octanol–water partition coefficient (Wildman–Crippen LogP) is 1.51. The van der Waals surface area contributed by atoms with E-state index in [4.69, 9.17) is 4.42 Å². The van der Waals surface area contributed by atoms with Gasteiger partial charge in [-0.2, -0.15) is 0 Å². The zero-order chi connectivity index (χ0) is 16.0. The Bertz CT molecular complexity index is 705. The largest absolute Gasteiger partial charge is 0.472 e. The molecule has 1 saturated heterocycles. The van der Waals surface area contributed by atoms with Crippen LogP contribution in [-0.2, 0) is 17.9 Å². The molecular weight excluding hydrogens is 306 g/mol. The lowest BCUT2D eigenvalue weighted by molar-refractivity contribution is -0.170. The van der Waals surface area contributed by atoms with Crippen LogP contribution in [-0.4, -0.2) is 50.8 Å². The van der Waals surface area contributed by atoms with E-state index in [2.05, 4.69) is 9.88 Å². The number of nitrogens with zero attached hydrogens (tertiary/aromatic N) is 4. The quantitative estimate of drug-likeness (QED) is 0.859. The first-order chi connectivity index (χ1) is 11.0. The summed E-state index contributed by atoms with van der Waals surface area (Å²) < 4.78 is 33.0. The Labute approximate surface area is 131 Å². The Morgan fingerprint density at radius 3 is 2.96 bits per heavy atom. The van der Waals surface area contributed by atoms with Crippen LogP contribution in [0.25, 0.3) is 0 Å². The van der Waals surface area contributed by atoms with Crippen molar-refractivity contribution in [3.05, 3.63) is 42.4 Å². The lowest BCUT2D eigenvalue weighted by Gasteiger charge is -2.42. The number of fused-ring (bicyclic) bond motifs is 1. The van der Waals surface area contributed by atoms with Gasteiger partial charge in [-0.05, 0) is 6.07 Å². The minimum atomic E-state index is -2.75. The summed E-state index contributed by atoms with van der Waals surface area (Å²) in [4.78, 5) is 20.0. The number of hydrogen-bond acceptors (Lipinski definition) is 4. The summed E-state index contributed by atoms with van der Waals surface area (Å²) in [6.07, 6.45) is 6.59. The molecule has 2 aliphatic heterocycles. The van der Waals surface area contributed by atoms with Crippen molar-refractivity contribution in [3.8, 4) is 0 Å². The molecule has 4 heterocycles. The maximum Gasteiger partial charge on any atom is 0.282 e. The highest BCUT2D eigenvalue weighted by Gasteiger charge is 2.48. The standard InChI is InChI=1S/C15H16F2N4O2/c16-15(17)8-20(9-15)14(22)13-6-19(4-11-1-2-23-7-11)5-12-3-18-10-21(12)13/h1-3,7,10,13H,4-6,8-9H2/t13-/m1/s1. The highest BCUT2D eigenvalue weighted by atomic mass is 19.3. The van der Waals surface area contributed by atoms with Crippen molar-refractivity contribution in [1.82, 2.24) is 19.4 Å². The van der Waals surface area contributed by atoms with Crippen molar-refractivity contribution < 1.29 is 18.0 Å². The van der Waals surface area contributed by atoms with Gasteiger partial charge < -0.3 is 13.9 Å². The number of likely N-dealkylation sites (tertiary alicyclic amines) is 1. The van der Waals surface area contributed by atoms with Gasteiger partial charge in [-0.1, -0.05) is 0 Å². The van der Waals surface area contributed by atoms with Crippen LogP contribution in [0, 0.1) is 0 Å². The number of carbonyl (C=O) groups excluding carboxylic acids is 1. The van der Waals surface area contributed by atoms with Gasteiger partial charge in [0, 0.05) is 31.4 Å². The third kappa shape index (κ3) is 2.63. The molecule has 0 radical (unpaired) electrons. The number of halogens is 2. The van der Waals surface area contributed by atoms with Crippen LogP contribution in [0.3, 0.4) is 0 Å². The van der Waals surface area contributed by atoms with Crippen LogP contribution < -0.4 is 0 Å². The van der Waals surface area contributed by atoms with E-state index in [1.54, 1.807) is 29.6 Å². The molecule has 8 heteroatoms. The number of alkyl halides is 2. The van der Waals surface area contributed by atoms with E-state index in [-0.39, 0.29) is 5.91 Å². The Morgan fingerprint density at radius 2 is 2.26 bits per heavy atom. The van der Waals surface area contributed by atoms with Gasteiger partial charge in [-0.15, -0.1) is 0 Å². The van der Waals surface area contributed by atoms with Gasteiger partial charge in [0.05, 0.1) is 37.6 Å². The average molecular weight is 322 g/mol. The van der Waals surface area contributed by atoms with E-state index < -0.39 is 25.1 Å². The summed E-state index contributed by atoms with van der Waals surface area (Å²) in [5.41, 5.74) is 1.92. The van der Waals surface area contributed by atoms with E-state index in [0.29, 0.717) is 19.6 Å². The topological polar surface area (TPSA) is 54.5 Å². The fourth-order valence-electron chi connectivity index (χ4n) is 3.20. The van der Waals surface area contributed by atoms with Gasteiger partial charge in [0.25, 0.3) is 5.92 Å². The normalized spacial score (nSPS) is 23.4. The van der Waals surface area contributed by atoms with Crippen LogP contribution in [0.2, 0.25) is 0 Å². The van der Waals surface area contributed by atoms with Crippen molar-refractivity contribution in [1.29, 1.82) is 0 Å². The maximum atomic E-state index is 13.0. The number of carbonyl (C=O) groups is 1. The summed E-state index contributed by atoms with van der Waals surface area (Å²) in [7, 11) is 0. The molecule has 0 aliphatic carbocycles. The fraction of sp³-hybridized carbons (Fsp3) is 0.467. The highest BCUT2D eigenvalue weighted by Crippen LogP contribution is 2.31. The molecule has 23 heavy (non-hydrogen) atoms. The third-order valence-electron chi connectivity index (χ3n) is 4.33. The van der Waals surface area contributed by atoms with Crippen LogP contribution in [0.5, 0.6) is 0 Å². The van der Waals surface area contributed by atoms with Crippen molar-refractivity contribution in [3.63, 3.8) is 0 Å². The SMILES string of the molecule is O=C([C@H]1CN(Cc2ccoc2)Cc2cncn21)N1CC(F)(F)C1. The molecule has 1 atom stereocenters. The zero-order valence-corrected chi connectivity index (χ0v) is 12.4. The Kier molecular flexibility index (Phi) is 3.22. The second-order valence-corrected chi connectivity index (χ2v) is 6.16. The lowest BCUT2D eigenvalue weighted by Crippen LogP contribution is -2.61. The highest BCUT2D eigenvalue weighted by molar-refractivity contribution is 5.82. The molecule has 0 N–H and O–H groups in total. The van der Waals surface area contributed by atoms with Crippen LogP contribution >= 0.6 is 0 Å². The lowest BCUT2D eigenvalue weighted by atomic mass is 10.1. The van der Waals surface area contributed by atoms with Crippen molar-refractivity contribution in [2.75, 3.05) is 19.6 Å². The molecule has 0 bridgehead atoms. The first kappa shape index (κ1) is 14.4. The van der Waals surface area contributed by atoms with Crippen molar-refractivity contribution in [2.45, 2.75) is 25.1 Å². The van der Waals surface area contributed by atoms with E-state index in [9.17, 15) is 13.6 Å². The first-order valence-electron chi connectivity index (χ1n) is 7.43. The molecule has 122 valence electrons. The Morgan fingerprint density at radius 1 is 1.43 bits per heavy atom. The van der Waals surface area contributed by atoms with Crippen molar-refractivity contribution in [2.24, 2.45) is 0 Å². The first-order valence-corrected chi connectivity index (χ1v) is 7.43. The minimum absolute atomic E-state index is 0.271. The summed E-state index contributed by atoms with van der Waals surface area (Å²) >= 11 is 0. The summed E-state index contributed by atoms with van der Waals surface area (Å²) in [6.45, 7) is 0.782. The third-order valence-corrected chi connectivity index (χ3v) is 4.33. The molecule has 6 nitrogen and oxygen atoms in total. The molecule has 0 spiro atoms. The summed E-state index contributed by atoms with van der Waals surface area (Å²) in [5, 5.41) is 0. The number of rotatable bonds is 3. The van der Waals surface area contributed by atoms with Crippen LogP contribution in [0.15, 0.2) is 35.5 Å². The van der Waals surface area contributed by atoms with Crippen molar-refractivity contribution >= 4 is 5.91 Å². The fourth-order valence-corrected chi connectivity index (χ4v) is 3.20. The number of hydrogen-bond donors (Lipinski definition) is 0. The van der Waals surface area contributed by atoms with E-state index >= 15 is 0 Å². The van der Waals surface area contributed by atoms with Gasteiger partial charge in [-0.25, -0.2) is 13.8 Å². The molecule has 2 aromatic heterocycles. The van der Waals surface area contributed by atoms with Gasteiger partial charge in [-0.3, -0.25) is 9.69 Å². The smallest absolute Gasteiger partial charge is 0.282 e. The van der Waals surface area contributed by atoms with E-state index in [0.717, 1.165) is 11.3 Å². The van der Waals surface area contributed by atoms with E-state index in [1.807, 2.05) is 6.07 Å². The number of imidazole rings is 1. The minimum Gasteiger partial charge on any atom is -0.472 e. The zero-order valence-electron chi connectivity index (χ0n) is 12.4. The molecule has 4 rings (SSSR count). The van der Waals surface area contributed by atoms with Crippen LogP contribution in [0.1, 0.15) is 17.3 Å². The van der Waals surface area contributed by atoms with E-state index in [1.165, 1.54) is 4.90 Å². The summed E-state index contributed by atoms with van der Waals surface area (Å²) in [6, 6.07) is 1.36. The monoisotopic (exact) mass is 322 g/mol. The predicted molar refractivity (Wildman–Crippen MR) is 75.6 cm³/mol. The van der Waals surface area contributed by atoms with Gasteiger partial charge >= 0.3 is 0 Å². The molecule has 2 aliphatic rings. The number of aromatic nitrogens is 2. The average Bonchev–Trinajstić information content (AvgIpc) is 3.14. The Balaban J connectivity index is 1.53. The Hall–Kier alpha value is -2.22. The van der Waals surface area contributed by atoms with Gasteiger partial charge in [0.2, 0.25) is 5.91 Å². The second kappa shape index (κ2) is 5.16. The van der Waals surface area contributed by atoms with Gasteiger partial charge in [0.15, 0.2) is 0 Å². The number of amides is 1. The molecular formula is C15H16F2N4O2. The number of furan rings is 1. The molecule has 2 aromatic rings. The molecule has 0 saturated carbocycles. The molecule has 0 aromatic carbocycles. The molecule has 0 unspecified atom stereocenters. The summed E-state index contributed by atoms with van der Waals surface area (Å²) in [5.74, 6) is -3.02. The second-order valence-electron chi connectivity index (χ2n) is 6.16. The molecule has 1 amide bonds. The van der Waals surface area contributed by atoms with Crippen LogP contribution in [0.4, 0.5) is 8.78 Å². The molecule has 1 fully saturated rings.